The second-order valence-corrected chi connectivity index (χ2v) is 8.28. The number of benzene rings is 3. The van der Waals surface area contributed by atoms with Gasteiger partial charge < -0.3 is 25.4 Å². The number of rotatable bonds is 9. The van der Waals surface area contributed by atoms with Crippen molar-refractivity contribution in [3.8, 4) is 5.75 Å². The number of hydrogen-bond donors (Lipinski definition) is 3. The fourth-order valence-corrected chi connectivity index (χ4v) is 3.68. The lowest BCUT2D eigenvalue weighted by molar-refractivity contribution is -0.114. The zero-order valence-electron chi connectivity index (χ0n) is 19.2. The number of ether oxygens (including phenoxy) is 2. The number of nitrogens with one attached hydrogen (secondary N) is 3. The zero-order chi connectivity index (χ0) is 23.8. The normalized spacial score (nSPS) is 14.9. The van der Waals surface area contributed by atoms with E-state index < -0.39 is 0 Å². The Hall–Kier alpha value is -3.84. The van der Waals surface area contributed by atoms with Crippen LogP contribution in [-0.2, 0) is 9.53 Å². The van der Waals surface area contributed by atoms with Crippen molar-refractivity contribution in [1.82, 2.24) is 0 Å². The summed E-state index contributed by atoms with van der Waals surface area (Å²) in [6.45, 7) is 3.36. The first-order valence-electron chi connectivity index (χ1n) is 11.4. The summed E-state index contributed by atoms with van der Waals surface area (Å²) in [5.74, 6) is 0.364. The SMILES string of the molecule is Cc1cccc(C(=O)Nc2ccc(NCC(=O)Nc3cccc(OCC4CCCO4)c3)cc2)c1. The minimum atomic E-state index is -0.173. The maximum atomic E-state index is 12.4. The fourth-order valence-electron chi connectivity index (χ4n) is 3.68. The Bertz CT molecular complexity index is 1120. The number of amides is 2. The largest absolute Gasteiger partial charge is 0.491 e. The van der Waals surface area contributed by atoms with Crippen LogP contribution in [0.5, 0.6) is 5.75 Å². The molecule has 1 saturated heterocycles. The van der Waals surface area contributed by atoms with Gasteiger partial charge in [-0.05, 0) is 68.3 Å². The molecule has 3 aromatic rings. The molecule has 0 radical (unpaired) electrons. The second-order valence-electron chi connectivity index (χ2n) is 8.28. The maximum Gasteiger partial charge on any atom is 0.255 e. The molecule has 4 rings (SSSR count). The molecular formula is C27H29N3O4. The average molecular weight is 460 g/mol. The first kappa shape index (κ1) is 23.3. The first-order chi connectivity index (χ1) is 16.5. The van der Waals surface area contributed by atoms with E-state index in [2.05, 4.69) is 16.0 Å². The summed E-state index contributed by atoms with van der Waals surface area (Å²) in [6, 6.07) is 22.0. The maximum absolute atomic E-state index is 12.4. The molecule has 7 nitrogen and oxygen atoms in total. The van der Waals surface area contributed by atoms with Crippen molar-refractivity contribution < 1.29 is 19.1 Å². The van der Waals surface area contributed by atoms with Gasteiger partial charge in [-0.1, -0.05) is 23.8 Å². The van der Waals surface area contributed by atoms with Crippen molar-refractivity contribution in [2.75, 3.05) is 35.7 Å². The molecule has 1 atom stereocenters. The molecule has 2 amide bonds. The van der Waals surface area contributed by atoms with E-state index in [1.165, 1.54) is 0 Å². The molecular weight excluding hydrogens is 430 g/mol. The molecule has 3 N–H and O–H groups in total. The van der Waals surface area contributed by atoms with Crippen molar-refractivity contribution in [2.24, 2.45) is 0 Å². The third-order valence-electron chi connectivity index (χ3n) is 5.45. The van der Waals surface area contributed by atoms with Crippen LogP contribution in [0.1, 0.15) is 28.8 Å². The van der Waals surface area contributed by atoms with Crippen LogP contribution in [0.4, 0.5) is 17.1 Å². The van der Waals surface area contributed by atoms with E-state index in [1.54, 1.807) is 24.3 Å². The van der Waals surface area contributed by atoms with Crippen LogP contribution >= 0.6 is 0 Å². The summed E-state index contributed by atoms with van der Waals surface area (Å²) in [4.78, 5) is 24.7. The lowest BCUT2D eigenvalue weighted by atomic mass is 10.1. The summed E-state index contributed by atoms with van der Waals surface area (Å²) in [6.07, 6.45) is 2.23. The quantitative estimate of drug-likeness (QED) is 0.425. The van der Waals surface area contributed by atoms with Crippen molar-refractivity contribution in [3.63, 3.8) is 0 Å². The van der Waals surface area contributed by atoms with Gasteiger partial charge in [-0.15, -0.1) is 0 Å². The van der Waals surface area contributed by atoms with Gasteiger partial charge in [0.25, 0.3) is 5.91 Å². The number of carbonyl (C=O) groups excluding carboxylic acids is 2. The van der Waals surface area contributed by atoms with Crippen LogP contribution in [0, 0.1) is 6.92 Å². The van der Waals surface area contributed by atoms with Crippen LogP contribution < -0.4 is 20.7 Å². The van der Waals surface area contributed by atoms with E-state index in [4.69, 9.17) is 9.47 Å². The van der Waals surface area contributed by atoms with Gasteiger partial charge >= 0.3 is 0 Å². The number of hydrogen-bond acceptors (Lipinski definition) is 5. The van der Waals surface area contributed by atoms with E-state index in [-0.39, 0.29) is 24.5 Å². The summed E-state index contributed by atoms with van der Waals surface area (Å²) >= 11 is 0. The fraction of sp³-hybridized carbons (Fsp3) is 0.259. The first-order valence-corrected chi connectivity index (χ1v) is 11.4. The molecule has 0 aromatic heterocycles. The molecule has 1 aliphatic rings. The summed E-state index contributed by atoms with van der Waals surface area (Å²) in [5, 5.41) is 8.84. The summed E-state index contributed by atoms with van der Waals surface area (Å²) < 4.78 is 11.4. The Balaban J connectivity index is 1.23. The molecule has 0 bridgehead atoms. The number of carbonyl (C=O) groups is 2. The van der Waals surface area contributed by atoms with Gasteiger partial charge in [0.1, 0.15) is 12.4 Å². The van der Waals surface area contributed by atoms with Crippen LogP contribution in [0.25, 0.3) is 0 Å². The summed E-state index contributed by atoms with van der Waals surface area (Å²) in [5.41, 5.74) is 3.77. The highest BCUT2D eigenvalue weighted by atomic mass is 16.5. The third-order valence-corrected chi connectivity index (χ3v) is 5.45. The van der Waals surface area contributed by atoms with Crippen LogP contribution in [0.15, 0.2) is 72.8 Å². The smallest absolute Gasteiger partial charge is 0.255 e. The van der Waals surface area contributed by atoms with Crippen molar-refractivity contribution in [2.45, 2.75) is 25.9 Å². The molecule has 0 spiro atoms. The third kappa shape index (κ3) is 6.83. The van der Waals surface area contributed by atoms with Gasteiger partial charge in [0.2, 0.25) is 5.91 Å². The number of anilines is 3. The molecule has 176 valence electrons. The van der Waals surface area contributed by atoms with Gasteiger partial charge in [0, 0.05) is 35.3 Å². The lowest BCUT2D eigenvalue weighted by Gasteiger charge is -2.13. The standard InChI is InChI=1S/C27H29N3O4/c1-19-5-2-6-20(15-19)27(32)30-22-12-10-21(11-13-22)28-17-26(31)29-23-7-3-8-24(16-23)34-18-25-9-4-14-33-25/h2-3,5-8,10-13,15-16,25,28H,4,9,14,17-18H2,1H3,(H,29,31)(H,30,32). The molecule has 3 aromatic carbocycles. The molecule has 0 saturated carbocycles. The highest BCUT2D eigenvalue weighted by Crippen LogP contribution is 2.20. The Morgan fingerprint density at radius 1 is 0.941 bits per heavy atom. The van der Waals surface area contributed by atoms with Gasteiger partial charge in [-0.25, -0.2) is 0 Å². The molecule has 0 aliphatic carbocycles. The second kappa shape index (κ2) is 11.3. The van der Waals surface area contributed by atoms with Gasteiger partial charge in [-0.3, -0.25) is 9.59 Å². The highest BCUT2D eigenvalue weighted by Gasteiger charge is 2.16. The Kier molecular flexibility index (Phi) is 7.78. The monoisotopic (exact) mass is 459 g/mol. The van der Waals surface area contributed by atoms with Crippen molar-refractivity contribution >= 4 is 28.9 Å². The molecule has 1 fully saturated rings. The van der Waals surface area contributed by atoms with E-state index in [0.29, 0.717) is 29.3 Å². The lowest BCUT2D eigenvalue weighted by Crippen LogP contribution is -2.22. The predicted octanol–water partition coefficient (Wildman–Crippen LogP) is 4.86. The van der Waals surface area contributed by atoms with Gasteiger partial charge in [0.05, 0.1) is 12.6 Å². The Morgan fingerprint density at radius 2 is 1.74 bits per heavy atom. The summed E-state index contributed by atoms with van der Waals surface area (Å²) in [7, 11) is 0. The number of aryl methyl sites for hydroxylation is 1. The molecule has 1 unspecified atom stereocenters. The minimum absolute atomic E-state index is 0.107. The molecule has 7 heteroatoms. The van der Waals surface area contributed by atoms with E-state index in [1.807, 2.05) is 55.5 Å². The van der Waals surface area contributed by atoms with Crippen LogP contribution in [-0.4, -0.2) is 37.7 Å². The average Bonchev–Trinajstić information content (AvgIpc) is 3.36. The van der Waals surface area contributed by atoms with E-state index in [9.17, 15) is 9.59 Å². The zero-order valence-corrected chi connectivity index (χ0v) is 19.2. The van der Waals surface area contributed by atoms with Gasteiger partial charge in [-0.2, -0.15) is 0 Å². The Morgan fingerprint density at radius 3 is 2.50 bits per heavy atom. The topological polar surface area (TPSA) is 88.7 Å². The molecule has 34 heavy (non-hydrogen) atoms. The van der Waals surface area contributed by atoms with Crippen LogP contribution in [0.3, 0.4) is 0 Å². The van der Waals surface area contributed by atoms with Crippen LogP contribution in [0.2, 0.25) is 0 Å². The van der Waals surface area contributed by atoms with E-state index in [0.717, 1.165) is 30.7 Å². The Labute approximate surface area is 199 Å². The molecule has 1 heterocycles. The van der Waals surface area contributed by atoms with Gasteiger partial charge in [0.15, 0.2) is 0 Å². The highest BCUT2D eigenvalue weighted by molar-refractivity contribution is 6.04. The van der Waals surface area contributed by atoms with Crippen molar-refractivity contribution in [1.29, 1.82) is 0 Å². The molecule has 1 aliphatic heterocycles. The minimum Gasteiger partial charge on any atom is -0.491 e. The predicted molar refractivity (Wildman–Crippen MR) is 134 cm³/mol. The van der Waals surface area contributed by atoms with Crippen molar-refractivity contribution in [3.05, 3.63) is 83.9 Å². The van der Waals surface area contributed by atoms with E-state index >= 15 is 0 Å².